The van der Waals surface area contributed by atoms with Crippen molar-refractivity contribution in [2.45, 2.75) is 6.92 Å². The van der Waals surface area contributed by atoms with Crippen LogP contribution in [0.25, 0.3) is 0 Å². The number of hydrogen-bond donors (Lipinski definition) is 2. The fourth-order valence-electron chi connectivity index (χ4n) is 0.711. The van der Waals surface area contributed by atoms with E-state index in [0.717, 1.165) is 5.75 Å². The van der Waals surface area contributed by atoms with Crippen molar-refractivity contribution in [2.24, 2.45) is 5.92 Å². The molecule has 0 aliphatic heterocycles. The van der Waals surface area contributed by atoms with E-state index in [1.807, 2.05) is 6.92 Å². The Bertz CT molecular complexity index is 155. The number of carbonyl (C=O) groups excluding carboxylic acids is 1. The maximum absolute atomic E-state index is 11.2. The minimum Gasteiger partial charge on any atom is -0.396 e. The van der Waals surface area contributed by atoms with Crippen LogP contribution in [0.3, 0.4) is 0 Å². The van der Waals surface area contributed by atoms with Gasteiger partial charge in [0, 0.05) is 26.0 Å². The number of thioether (sulfide) groups is 1. The van der Waals surface area contributed by atoms with E-state index in [2.05, 4.69) is 5.32 Å². The molecule has 0 rings (SSSR count). The van der Waals surface area contributed by atoms with E-state index in [0.29, 0.717) is 18.9 Å². The van der Waals surface area contributed by atoms with Crippen LogP contribution in [0.2, 0.25) is 0 Å². The average molecular weight is 221 g/mol. The first kappa shape index (κ1) is 13.7. The maximum Gasteiger partial charge on any atom is 0.230 e. The fourth-order valence-corrected chi connectivity index (χ4v) is 1.43. The molecule has 0 aromatic carbocycles. The Morgan fingerprint density at radius 1 is 1.64 bits per heavy atom. The van der Waals surface area contributed by atoms with Crippen molar-refractivity contribution in [3.63, 3.8) is 0 Å². The molecule has 0 heterocycles. The van der Waals surface area contributed by atoms with Crippen LogP contribution in [-0.2, 0) is 9.53 Å². The van der Waals surface area contributed by atoms with Crippen molar-refractivity contribution in [1.29, 1.82) is 0 Å². The van der Waals surface area contributed by atoms with E-state index >= 15 is 0 Å². The normalized spacial score (nSPS) is 12.5. The Balaban J connectivity index is 3.28. The minimum atomic E-state index is 0.0198. The largest absolute Gasteiger partial charge is 0.396 e. The number of hydrogen-bond acceptors (Lipinski definition) is 4. The minimum absolute atomic E-state index is 0.0198. The Kier molecular flexibility index (Phi) is 9.13. The van der Waals surface area contributed by atoms with Crippen molar-refractivity contribution in [1.82, 2.24) is 5.32 Å². The molecule has 5 heteroatoms. The van der Waals surface area contributed by atoms with Crippen LogP contribution in [0.15, 0.2) is 0 Å². The number of nitrogens with one attached hydrogen (secondary N) is 1. The van der Waals surface area contributed by atoms with Crippen LogP contribution < -0.4 is 5.32 Å². The molecule has 14 heavy (non-hydrogen) atoms. The molecule has 0 aromatic rings. The number of rotatable bonds is 8. The summed E-state index contributed by atoms with van der Waals surface area (Å²) >= 11 is 1.55. The Labute approximate surface area is 89.4 Å². The summed E-state index contributed by atoms with van der Waals surface area (Å²) in [6, 6.07) is 0. The van der Waals surface area contributed by atoms with Gasteiger partial charge in [-0.1, -0.05) is 6.92 Å². The molecule has 84 valence electrons. The second kappa shape index (κ2) is 9.30. The van der Waals surface area contributed by atoms with Gasteiger partial charge in [0.05, 0.1) is 12.4 Å². The lowest BCUT2D eigenvalue weighted by molar-refractivity contribution is -0.118. The zero-order valence-corrected chi connectivity index (χ0v) is 9.60. The molecule has 0 bridgehead atoms. The highest BCUT2D eigenvalue weighted by molar-refractivity contribution is 7.99. The highest BCUT2D eigenvalue weighted by atomic mass is 32.2. The first-order valence-corrected chi connectivity index (χ1v) is 5.80. The predicted molar refractivity (Wildman–Crippen MR) is 58.5 cm³/mol. The van der Waals surface area contributed by atoms with Crippen molar-refractivity contribution in [2.75, 3.05) is 38.4 Å². The third-order valence-electron chi connectivity index (χ3n) is 1.62. The summed E-state index contributed by atoms with van der Waals surface area (Å²) in [5.41, 5.74) is 0. The lowest BCUT2D eigenvalue weighted by Gasteiger charge is -2.09. The van der Waals surface area contributed by atoms with Crippen molar-refractivity contribution in [3.8, 4) is 0 Å². The molecular weight excluding hydrogens is 202 g/mol. The molecule has 0 saturated heterocycles. The van der Waals surface area contributed by atoms with Gasteiger partial charge in [-0.25, -0.2) is 0 Å². The van der Waals surface area contributed by atoms with Crippen LogP contribution in [-0.4, -0.2) is 49.4 Å². The predicted octanol–water partition coefficient (Wildman–Crippen LogP) is 0.111. The summed E-state index contributed by atoms with van der Waals surface area (Å²) in [4.78, 5) is 11.2. The topological polar surface area (TPSA) is 58.6 Å². The third-order valence-corrected chi connectivity index (χ3v) is 2.55. The van der Waals surface area contributed by atoms with E-state index in [-0.39, 0.29) is 18.4 Å². The number of ether oxygens (including phenoxy) is 1. The van der Waals surface area contributed by atoms with Crippen LogP contribution in [0, 0.1) is 5.92 Å². The Morgan fingerprint density at radius 3 is 2.93 bits per heavy atom. The van der Waals surface area contributed by atoms with E-state index < -0.39 is 0 Å². The molecule has 1 amide bonds. The summed E-state index contributed by atoms with van der Waals surface area (Å²) in [6.07, 6.45) is 0. The van der Waals surface area contributed by atoms with Gasteiger partial charge in [-0.15, -0.1) is 11.8 Å². The first-order valence-electron chi connectivity index (χ1n) is 4.65. The molecule has 4 nitrogen and oxygen atoms in total. The summed E-state index contributed by atoms with van der Waals surface area (Å²) in [5.74, 6) is 1.44. The van der Waals surface area contributed by atoms with Gasteiger partial charge in [0.15, 0.2) is 0 Å². The molecule has 0 aromatic heterocycles. The standard InChI is InChI=1S/C9H19NO3S/c1-8(6-11)5-10-9(12)7-14-4-3-13-2/h8,11H,3-7H2,1-2H3,(H,10,12). The molecular formula is C9H19NO3S. The molecule has 0 spiro atoms. The van der Waals surface area contributed by atoms with Gasteiger partial charge in [-0.2, -0.15) is 0 Å². The van der Waals surface area contributed by atoms with Crippen molar-refractivity contribution in [3.05, 3.63) is 0 Å². The van der Waals surface area contributed by atoms with Crippen LogP contribution in [0.1, 0.15) is 6.92 Å². The number of methoxy groups -OCH3 is 1. The number of aliphatic hydroxyl groups excluding tert-OH is 1. The number of carbonyl (C=O) groups is 1. The highest BCUT2D eigenvalue weighted by Gasteiger charge is 2.03. The van der Waals surface area contributed by atoms with Gasteiger partial charge in [-0.3, -0.25) is 4.79 Å². The maximum atomic E-state index is 11.2. The second-order valence-electron chi connectivity index (χ2n) is 3.14. The lowest BCUT2D eigenvalue weighted by Crippen LogP contribution is -2.30. The summed E-state index contributed by atoms with van der Waals surface area (Å²) in [6.45, 7) is 3.21. The van der Waals surface area contributed by atoms with E-state index in [1.165, 1.54) is 0 Å². The molecule has 0 aliphatic carbocycles. The molecule has 0 aliphatic rings. The van der Waals surface area contributed by atoms with Gasteiger partial charge >= 0.3 is 0 Å². The second-order valence-corrected chi connectivity index (χ2v) is 4.24. The smallest absolute Gasteiger partial charge is 0.230 e. The van der Waals surface area contributed by atoms with Gasteiger partial charge in [0.1, 0.15) is 0 Å². The molecule has 1 unspecified atom stereocenters. The first-order chi connectivity index (χ1) is 6.70. The SMILES string of the molecule is COCCSCC(=O)NCC(C)CO. The summed E-state index contributed by atoms with van der Waals surface area (Å²) < 4.78 is 4.85. The van der Waals surface area contributed by atoms with Gasteiger partial charge in [0.25, 0.3) is 0 Å². The number of amides is 1. The van der Waals surface area contributed by atoms with E-state index in [1.54, 1.807) is 18.9 Å². The fraction of sp³-hybridized carbons (Fsp3) is 0.889. The van der Waals surface area contributed by atoms with Gasteiger partial charge in [0.2, 0.25) is 5.91 Å². The lowest BCUT2D eigenvalue weighted by atomic mass is 10.2. The van der Waals surface area contributed by atoms with Crippen molar-refractivity contribution >= 4 is 17.7 Å². The Morgan fingerprint density at radius 2 is 2.36 bits per heavy atom. The zero-order valence-electron chi connectivity index (χ0n) is 8.78. The van der Waals surface area contributed by atoms with E-state index in [4.69, 9.17) is 9.84 Å². The highest BCUT2D eigenvalue weighted by Crippen LogP contribution is 1.98. The molecule has 0 fully saturated rings. The van der Waals surface area contributed by atoms with Crippen LogP contribution >= 0.6 is 11.8 Å². The van der Waals surface area contributed by atoms with Crippen LogP contribution in [0.5, 0.6) is 0 Å². The number of aliphatic hydroxyl groups is 1. The van der Waals surface area contributed by atoms with Gasteiger partial charge in [-0.05, 0) is 5.92 Å². The van der Waals surface area contributed by atoms with Crippen LogP contribution in [0.4, 0.5) is 0 Å². The molecule has 1 atom stereocenters. The zero-order chi connectivity index (χ0) is 10.8. The monoisotopic (exact) mass is 221 g/mol. The van der Waals surface area contributed by atoms with E-state index in [9.17, 15) is 4.79 Å². The average Bonchev–Trinajstić information content (AvgIpc) is 2.21. The Hall–Kier alpha value is -0.260. The molecule has 0 radical (unpaired) electrons. The molecule has 0 saturated carbocycles. The summed E-state index contributed by atoms with van der Waals surface area (Å²) in [5, 5.41) is 11.5. The van der Waals surface area contributed by atoms with Crippen molar-refractivity contribution < 1.29 is 14.6 Å². The third kappa shape index (κ3) is 8.34. The quantitative estimate of drug-likeness (QED) is 0.571. The van der Waals surface area contributed by atoms with Gasteiger partial charge < -0.3 is 15.2 Å². The summed E-state index contributed by atoms with van der Waals surface area (Å²) in [7, 11) is 1.64. The molecule has 2 N–H and O–H groups in total.